The molecule has 1 fully saturated rings. The van der Waals surface area contributed by atoms with Gasteiger partial charge in [-0.2, -0.15) is 0 Å². The Bertz CT molecular complexity index is 1060. The third-order valence-corrected chi connectivity index (χ3v) is 7.04. The normalized spacial score (nSPS) is 19.8. The van der Waals surface area contributed by atoms with Gasteiger partial charge in [0.1, 0.15) is 6.04 Å². The Balaban J connectivity index is 1.72. The van der Waals surface area contributed by atoms with Crippen LogP contribution < -0.4 is 11.1 Å². The van der Waals surface area contributed by atoms with Crippen LogP contribution in [0.2, 0.25) is 0 Å². The molecule has 0 radical (unpaired) electrons. The van der Waals surface area contributed by atoms with Crippen molar-refractivity contribution in [1.82, 2.24) is 15.2 Å². The number of nitrogens with two attached hydrogens (primary N) is 1. The van der Waals surface area contributed by atoms with Crippen molar-refractivity contribution in [2.45, 2.75) is 71.8 Å². The number of aliphatic hydroxyl groups excluding tert-OH is 1. The Morgan fingerprint density at radius 3 is 2.51 bits per heavy atom. The van der Waals surface area contributed by atoms with Crippen molar-refractivity contribution in [2.75, 3.05) is 6.54 Å². The Morgan fingerprint density at radius 1 is 1.29 bits per heavy atom. The van der Waals surface area contributed by atoms with Crippen LogP contribution in [0.15, 0.2) is 29.8 Å². The summed E-state index contributed by atoms with van der Waals surface area (Å²) in [5.74, 6) is -0.935. The molecule has 1 aliphatic heterocycles. The molecule has 3 amide bonds. The molecule has 1 aromatic carbocycles. The summed E-state index contributed by atoms with van der Waals surface area (Å²) < 4.78 is 5.09. The maximum absolute atomic E-state index is 13.2. The fourth-order valence-corrected chi connectivity index (χ4v) is 5.13. The number of benzene rings is 1. The van der Waals surface area contributed by atoms with Gasteiger partial charge in [0.15, 0.2) is 6.10 Å². The van der Waals surface area contributed by atoms with Crippen LogP contribution in [0.4, 0.5) is 4.79 Å². The van der Waals surface area contributed by atoms with Crippen molar-refractivity contribution >= 4 is 29.2 Å². The molecule has 0 unspecified atom stereocenters. The number of hydrogen-bond acceptors (Lipinski definition) is 7. The quantitative estimate of drug-likeness (QED) is 0.533. The molecule has 0 spiro atoms. The number of rotatable bonds is 7. The number of likely N-dealkylation sites (tertiary alicyclic amines) is 1. The molecule has 3 rings (SSSR count). The van der Waals surface area contributed by atoms with E-state index in [-0.39, 0.29) is 24.9 Å². The number of ether oxygens (including phenoxy) is 1. The van der Waals surface area contributed by atoms with Gasteiger partial charge in [0.25, 0.3) is 5.91 Å². The number of primary amides is 1. The minimum absolute atomic E-state index is 0.0245. The lowest BCUT2D eigenvalue weighted by molar-refractivity contribution is -0.150. The molecule has 1 aromatic heterocycles. The lowest BCUT2D eigenvalue weighted by Gasteiger charge is -2.34. The topological polar surface area (TPSA) is 135 Å². The summed E-state index contributed by atoms with van der Waals surface area (Å²) in [4.78, 5) is 44.6. The first-order chi connectivity index (χ1) is 16.4. The summed E-state index contributed by atoms with van der Waals surface area (Å²) in [7, 11) is 0. The predicted octanol–water partition coefficient (Wildman–Crippen LogP) is 3.02. The number of thiazole rings is 1. The van der Waals surface area contributed by atoms with E-state index in [9.17, 15) is 19.5 Å². The molecular formula is C25H34N4O5S. The summed E-state index contributed by atoms with van der Waals surface area (Å²) in [5.41, 5.74) is 9.31. The molecule has 35 heavy (non-hydrogen) atoms. The number of β-amino-alcohol motifs (C(OH)–C–C–N with tert-alkyl or cyclic N) is 1. The SMILES string of the molecule is CCc1ncsc1-c1ccc([C@H](C)NC(=O)[C@@H]2C[C@@H](O)CN2C(=O)[C@@H](OC(N)=O)C(C)(C)C)cc1. The van der Waals surface area contributed by atoms with Crippen LogP contribution in [-0.4, -0.2) is 57.7 Å². The minimum atomic E-state index is -1.18. The number of aromatic nitrogens is 1. The average Bonchev–Trinajstić information content (AvgIpc) is 3.42. The fraction of sp³-hybridized carbons (Fsp3) is 0.520. The summed E-state index contributed by atoms with van der Waals surface area (Å²) >= 11 is 1.60. The average molecular weight is 503 g/mol. The number of aryl methyl sites for hydroxylation is 1. The van der Waals surface area contributed by atoms with Crippen LogP contribution in [0.1, 0.15) is 58.3 Å². The number of hydrogen-bond donors (Lipinski definition) is 3. The van der Waals surface area contributed by atoms with Crippen molar-refractivity contribution in [3.8, 4) is 10.4 Å². The zero-order chi connectivity index (χ0) is 25.9. The fourth-order valence-electron chi connectivity index (χ4n) is 4.24. The number of carbonyl (C=O) groups is 3. The predicted molar refractivity (Wildman–Crippen MR) is 134 cm³/mol. The molecule has 0 saturated carbocycles. The number of nitrogens with zero attached hydrogens (tertiary/aromatic N) is 2. The largest absolute Gasteiger partial charge is 0.436 e. The molecule has 1 saturated heterocycles. The molecule has 2 aromatic rings. The smallest absolute Gasteiger partial charge is 0.405 e. The van der Waals surface area contributed by atoms with E-state index < -0.39 is 35.7 Å². The van der Waals surface area contributed by atoms with Crippen molar-refractivity contribution in [3.05, 3.63) is 41.0 Å². The Hall–Kier alpha value is -2.98. The van der Waals surface area contributed by atoms with Crippen LogP contribution in [0.25, 0.3) is 10.4 Å². The van der Waals surface area contributed by atoms with E-state index in [4.69, 9.17) is 10.5 Å². The standard InChI is InChI=1S/C25H34N4O5S/c1-6-18-20(35-13-27-18)16-9-7-15(8-10-16)14(2)28-22(31)19-11-17(30)12-29(19)23(32)21(25(3,4)5)34-24(26)33/h7-10,13-14,17,19,21,30H,6,11-12H2,1-5H3,(H2,26,33)(H,28,31)/t14-,17+,19-,21+/m0/s1. The maximum atomic E-state index is 13.2. The van der Waals surface area contributed by atoms with Gasteiger partial charge in [-0.15, -0.1) is 11.3 Å². The first kappa shape index (κ1) is 26.6. The first-order valence-corrected chi connectivity index (χ1v) is 12.6. The number of nitrogens with one attached hydrogen (secondary N) is 1. The maximum Gasteiger partial charge on any atom is 0.405 e. The van der Waals surface area contributed by atoms with Gasteiger partial charge in [0, 0.05) is 18.4 Å². The van der Waals surface area contributed by atoms with Gasteiger partial charge in [-0.25, -0.2) is 9.78 Å². The highest BCUT2D eigenvalue weighted by molar-refractivity contribution is 7.13. The summed E-state index contributed by atoms with van der Waals surface area (Å²) in [6.07, 6.45) is -2.14. The second-order valence-corrected chi connectivity index (χ2v) is 10.8. The summed E-state index contributed by atoms with van der Waals surface area (Å²) in [6, 6.07) is 6.73. The second kappa shape index (κ2) is 10.7. The van der Waals surface area contributed by atoms with Crippen LogP contribution in [0, 0.1) is 5.41 Å². The molecule has 2 heterocycles. The van der Waals surface area contributed by atoms with E-state index in [1.165, 1.54) is 4.90 Å². The number of carbonyl (C=O) groups excluding carboxylic acids is 3. The Labute approximate surface area is 209 Å². The van der Waals surface area contributed by atoms with Crippen LogP contribution in [0.5, 0.6) is 0 Å². The van der Waals surface area contributed by atoms with Gasteiger partial charge in [-0.05, 0) is 24.5 Å². The van der Waals surface area contributed by atoms with Gasteiger partial charge in [-0.3, -0.25) is 9.59 Å². The van der Waals surface area contributed by atoms with Gasteiger partial charge in [0.05, 0.1) is 28.2 Å². The molecule has 0 bridgehead atoms. The van der Waals surface area contributed by atoms with E-state index >= 15 is 0 Å². The van der Waals surface area contributed by atoms with Crippen molar-refractivity contribution in [3.63, 3.8) is 0 Å². The van der Waals surface area contributed by atoms with Crippen LogP contribution >= 0.6 is 11.3 Å². The highest BCUT2D eigenvalue weighted by Crippen LogP contribution is 2.30. The van der Waals surface area contributed by atoms with E-state index in [0.29, 0.717) is 0 Å². The molecular weight excluding hydrogens is 468 g/mol. The van der Waals surface area contributed by atoms with E-state index in [0.717, 1.165) is 28.1 Å². The van der Waals surface area contributed by atoms with Crippen LogP contribution in [-0.2, 0) is 20.7 Å². The molecule has 4 atom stereocenters. The molecule has 0 aliphatic carbocycles. The van der Waals surface area contributed by atoms with Gasteiger partial charge in [-0.1, -0.05) is 52.0 Å². The van der Waals surface area contributed by atoms with Gasteiger partial charge < -0.3 is 25.8 Å². The lowest BCUT2D eigenvalue weighted by Crippen LogP contribution is -2.53. The molecule has 10 heteroatoms. The van der Waals surface area contributed by atoms with Crippen molar-refractivity contribution < 1.29 is 24.2 Å². The Morgan fingerprint density at radius 2 is 1.94 bits per heavy atom. The van der Waals surface area contributed by atoms with Crippen LogP contribution in [0.3, 0.4) is 0 Å². The van der Waals surface area contributed by atoms with Crippen molar-refractivity contribution in [2.24, 2.45) is 11.1 Å². The zero-order valence-corrected chi connectivity index (χ0v) is 21.6. The van der Waals surface area contributed by atoms with Gasteiger partial charge >= 0.3 is 6.09 Å². The number of amides is 3. The molecule has 9 nitrogen and oxygen atoms in total. The van der Waals surface area contributed by atoms with E-state index in [1.54, 1.807) is 32.1 Å². The first-order valence-electron chi connectivity index (χ1n) is 11.7. The molecule has 190 valence electrons. The molecule has 4 N–H and O–H groups in total. The number of aliphatic hydroxyl groups is 1. The van der Waals surface area contributed by atoms with Crippen molar-refractivity contribution in [1.29, 1.82) is 0 Å². The highest BCUT2D eigenvalue weighted by Gasteiger charge is 2.45. The van der Waals surface area contributed by atoms with Gasteiger partial charge in [0.2, 0.25) is 5.91 Å². The molecule has 1 aliphatic rings. The zero-order valence-electron chi connectivity index (χ0n) is 20.8. The highest BCUT2D eigenvalue weighted by atomic mass is 32.1. The van der Waals surface area contributed by atoms with E-state index in [2.05, 4.69) is 17.2 Å². The Kier molecular flexibility index (Phi) is 8.17. The lowest BCUT2D eigenvalue weighted by atomic mass is 9.88. The third kappa shape index (κ3) is 6.18. The van der Waals surface area contributed by atoms with E-state index in [1.807, 2.05) is 36.7 Å². The summed E-state index contributed by atoms with van der Waals surface area (Å²) in [6.45, 7) is 9.12. The second-order valence-electron chi connectivity index (χ2n) is 9.91. The third-order valence-electron chi connectivity index (χ3n) is 6.12. The minimum Gasteiger partial charge on any atom is -0.436 e. The monoisotopic (exact) mass is 502 g/mol. The summed E-state index contributed by atoms with van der Waals surface area (Å²) in [5, 5.41) is 13.2.